The number of Topliss-reactive ketones (excluding diaryl/α,β-unsaturated/α-hetero) is 1. The number of nitrogens with zero attached hydrogens (tertiary/aromatic N) is 1. The van der Waals surface area contributed by atoms with Crippen LogP contribution in [-0.2, 0) is 0 Å². The van der Waals surface area contributed by atoms with Crippen LogP contribution in [0.15, 0.2) is 18.3 Å². The molecule has 2 rings (SSSR count). The molecule has 1 heterocycles. The molecule has 0 saturated carbocycles. The Morgan fingerprint density at radius 2 is 2.23 bits per heavy atom. The van der Waals surface area contributed by atoms with Crippen LogP contribution >= 0.6 is 34.2 Å². The minimum absolute atomic E-state index is 0.111. The van der Waals surface area contributed by atoms with Gasteiger partial charge in [0.15, 0.2) is 5.78 Å². The first kappa shape index (κ1) is 9.15. The molecule has 0 radical (unpaired) electrons. The summed E-state index contributed by atoms with van der Waals surface area (Å²) in [7, 11) is 0. The number of allylic oxidation sites excluding steroid dienone is 1. The fourth-order valence-corrected chi connectivity index (χ4v) is 2.08. The molecule has 0 atom stereocenters. The van der Waals surface area contributed by atoms with Crippen LogP contribution in [0.4, 0.5) is 0 Å². The molecule has 1 aromatic rings. The first-order chi connectivity index (χ1) is 6.18. The fourth-order valence-electron chi connectivity index (χ4n) is 1.25. The van der Waals surface area contributed by atoms with Gasteiger partial charge in [0, 0.05) is 27.3 Å². The summed E-state index contributed by atoms with van der Waals surface area (Å²) in [6, 6.07) is 1.73. The third kappa shape index (κ3) is 1.62. The lowest BCUT2D eigenvalue weighted by molar-refractivity contribution is 0.0994. The van der Waals surface area contributed by atoms with Crippen LogP contribution < -0.4 is 0 Å². The summed E-state index contributed by atoms with van der Waals surface area (Å²) < 4.78 is 1.07. The average Bonchev–Trinajstić information content (AvgIpc) is 2.12. The Labute approximate surface area is 94.1 Å². The third-order valence-electron chi connectivity index (χ3n) is 1.89. The number of carbonyl (C=O) groups is 1. The second-order valence-electron chi connectivity index (χ2n) is 2.73. The van der Waals surface area contributed by atoms with Crippen molar-refractivity contribution in [1.29, 1.82) is 0 Å². The lowest BCUT2D eigenvalue weighted by Gasteiger charge is -2.11. The van der Waals surface area contributed by atoms with Crippen molar-refractivity contribution in [2.24, 2.45) is 0 Å². The molecular weight excluding hydrogens is 300 g/mol. The van der Waals surface area contributed by atoms with E-state index in [0.717, 1.165) is 9.14 Å². The smallest absolute Gasteiger partial charge is 0.168 e. The van der Waals surface area contributed by atoms with Gasteiger partial charge in [0.2, 0.25) is 0 Å². The van der Waals surface area contributed by atoms with E-state index < -0.39 is 0 Å². The maximum atomic E-state index is 11.4. The van der Waals surface area contributed by atoms with Crippen molar-refractivity contribution in [3.8, 4) is 0 Å². The lowest BCUT2D eigenvalue weighted by atomic mass is 9.99. The van der Waals surface area contributed by atoms with Crippen LogP contribution in [0.3, 0.4) is 0 Å². The van der Waals surface area contributed by atoms with E-state index in [1.54, 1.807) is 12.3 Å². The summed E-state index contributed by atoms with van der Waals surface area (Å²) in [6.45, 7) is 0. The van der Waals surface area contributed by atoms with Crippen molar-refractivity contribution < 1.29 is 4.79 Å². The predicted molar refractivity (Wildman–Crippen MR) is 60.2 cm³/mol. The van der Waals surface area contributed by atoms with Crippen molar-refractivity contribution >= 4 is 43.6 Å². The highest BCUT2D eigenvalue weighted by Gasteiger charge is 2.18. The molecule has 0 amide bonds. The molecule has 0 spiro atoms. The summed E-state index contributed by atoms with van der Waals surface area (Å²) in [5, 5.41) is 0.427. The van der Waals surface area contributed by atoms with E-state index in [-0.39, 0.29) is 5.78 Å². The van der Waals surface area contributed by atoms with Gasteiger partial charge in [0.25, 0.3) is 0 Å². The summed E-state index contributed by atoms with van der Waals surface area (Å²) >= 11 is 7.93. The normalized spacial score (nSPS) is 15.2. The van der Waals surface area contributed by atoms with E-state index >= 15 is 0 Å². The number of pyridine rings is 1. The molecule has 4 heteroatoms. The fraction of sp³-hybridized carbons (Fsp3) is 0.111. The number of hydrogen-bond acceptors (Lipinski definition) is 2. The summed E-state index contributed by atoms with van der Waals surface area (Å²) in [5.74, 6) is 0.111. The van der Waals surface area contributed by atoms with Gasteiger partial charge in [-0.05, 0) is 28.7 Å². The Kier molecular flexibility index (Phi) is 2.38. The van der Waals surface area contributed by atoms with E-state index in [9.17, 15) is 4.79 Å². The molecule has 0 N–H and O–H groups in total. The van der Waals surface area contributed by atoms with Gasteiger partial charge in [-0.15, -0.1) is 0 Å². The molecule has 66 valence electrons. The van der Waals surface area contributed by atoms with Gasteiger partial charge < -0.3 is 0 Å². The second-order valence-corrected chi connectivity index (χ2v) is 4.28. The minimum Gasteiger partial charge on any atom is -0.294 e. The van der Waals surface area contributed by atoms with Crippen LogP contribution in [0, 0.1) is 0 Å². The highest BCUT2D eigenvalue weighted by atomic mass is 127. The number of aromatic nitrogens is 1. The van der Waals surface area contributed by atoms with E-state index in [1.165, 1.54) is 0 Å². The number of carbonyl (C=O) groups excluding carboxylic acids is 1. The van der Waals surface area contributed by atoms with Crippen LogP contribution in [0.25, 0.3) is 3.58 Å². The number of ketones is 1. The van der Waals surface area contributed by atoms with Crippen LogP contribution in [0.5, 0.6) is 0 Å². The Morgan fingerprint density at radius 1 is 1.46 bits per heavy atom. The van der Waals surface area contributed by atoms with Crippen molar-refractivity contribution in [3.63, 3.8) is 0 Å². The minimum atomic E-state index is 0.111. The van der Waals surface area contributed by atoms with Gasteiger partial charge in [0.05, 0.1) is 0 Å². The van der Waals surface area contributed by atoms with E-state index in [1.807, 2.05) is 6.08 Å². The molecule has 1 aliphatic carbocycles. The molecule has 0 unspecified atom stereocenters. The monoisotopic (exact) mass is 305 g/mol. The lowest BCUT2D eigenvalue weighted by Crippen LogP contribution is -2.06. The largest absolute Gasteiger partial charge is 0.294 e. The molecule has 0 bridgehead atoms. The molecule has 0 aliphatic heterocycles. The number of rotatable bonds is 0. The van der Waals surface area contributed by atoms with E-state index in [0.29, 0.717) is 17.1 Å². The van der Waals surface area contributed by atoms with Gasteiger partial charge in [-0.1, -0.05) is 17.7 Å². The first-order valence-electron chi connectivity index (χ1n) is 3.73. The summed E-state index contributed by atoms with van der Waals surface area (Å²) in [4.78, 5) is 15.3. The molecule has 0 aromatic carbocycles. The molecule has 1 aliphatic rings. The van der Waals surface area contributed by atoms with Gasteiger partial charge >= 0.3 is 0 Å². The molecule has 1 aromatic heterocycles. The van der Waals surface area contributed by atoms with Gasteiger partial charge in [-0.2, -0.15) is 0 Å². The van der Waals surface area contributed by atoms with Crippen molar-refractivity contribution in [1.82, 2.24) is 4.98 Å². The second kappa shape index (κ2) is 3.38. The zero-order chi connectivity index (χ0) is 9.42. The Morgan fingerprint density at radius 3 is 3.00 bits per heavy atom. The Bertz CT molecular complexity index is 414. The molecule has 0 saturated heterocycles. The van der Waals surface area contributed by atoms with Gasteiger partial charge in [-0.3, -0.25) is 4.79 Å². The zero-order valence-electron chi connectivity index (χ0n) is 6.55. The maximum Gasteiger partial charge on any atom is 0.168 e. The van der Waals surface area contributed by atoms with Crippen LogP contribution in [0.2, 0.25) is 5.15 Å². The quantitative estimate of drug-likeness (QED) is 0.544. The topological polar surface area (TPSA) is 30.0 Å². The highest BCUT2D eigenvalue weighted by Crippen LogP contribution is 2.31. The van der Waals surface area contributed by atoms with Gasteiger partial charge in [0.1, 0.15) is 5.15 Å². The number of halogens is 2. The van der Waals surface area contributed by atoms with Gasteiger partial charge in [-0.25, -0.2) is 4.98 Å². The maximum absolute atomic E-state index is 11.4. The first-order valence-corrected chi connectivity index (χ1v) is 5.19. The SMILES string of the molecule is O=C1CC=C(I)c2cc(Cl)ncc21. The Balaban J connectivity index is 2.66. The van der Waals surface area contributed by atoms with Crippen LogP contribution in [0.1, 0.15) is 22.3 Å². The zero-order valence-corrected chi connectivity index (χ0v) is 9.46. The van der Waals surface area contributed by atoms with Crippen LogP contribution in [-0.4, -0.2) is 10.8 Å². The van der Waals surface area contributed by atoms with E-state index in [4.69, 9.17) is 11.6 Å². The predicted octanol–water partition coefficient (Wildman–Crippen LogP) is 3.10. The van der Waals surface area contributed by atoms with Crippen molar-refractivity contribution in [2.75, 3.05) is 0 Å². The average molecular weight is 306 g/mol. The van der Waals surface area contributed by atoms with Crippen molar-refractivity contribution in [3.05, 3.63) is 34.6 Å². The molecule has 0 fully saturated rings. The Hall–Kier alpha value is -0.420. The summed E-state index contributed by atoms with van der Waals surface area (Å²) in [5.41, 5.74) is 1.58. The summed E-state index contributed by atoms with van der Waals surface area (Å²) in [6.07, 6.45) is 3.92. The standard InChI is InChI=1S/C9H5ClINO/c10-9-3-5-6(4-12-9)8(13)2-1-7(5)11/h1,3-4H,2H2. The molecular formula is C9H5ClINO. The third-order valence-corrected chi connectivity index (χ3v) is 3.12. The molecule has 2 nitrogen and oxygen atoms in total. The molecule has 13 heavy (non-hydrogen) atoms. The van der Waals surface area contributed by atoms with E-state index in [2.05, 4.69) is 27.6 Å². The number of hydrogen-bond donors (Lipinski definition) is 0. The van der Waals surface area contributed by atoms with Crippen molar-refractivity contribution in [2.45, 2.75) is 6.42 Å². The number of fused-ring (bicyclic) bond motifs is 1. The highest BCUT2D eigenvalue weighted by molar-refractivity contribution is 14.1.